The smallest absolute Gasteiger partial charge is 0.248 e. The van der Waals surface area contributed by atoms with E-state index in [4.69, 9.17) is 5.73 Å². The van der Waals surface area contributed by atoms with Gasteiger partial charge in [0.1, 0.15) is 0 Å². The number of aromatic nitrogens is 1. The molecule has 1 unspecified atom stereocenters. The van der Waals surface area contributed by atoms with Gasteiger partial charge in [-0.1, -0.05) is 18.2 Å². The lowest BCUT2D eigenvalue weighted by molar-refractivity contribution is 0.1000. The molecule has 1 aromatic carbocycles. The summed E-state index contributed by atoms with van der Waals surface area (Å²) in [5.74, 6) is -0.401. The van der Waals surface area contributed by atoms with E-state index in [1.54, 1.807) is 12.3 Å². The third-order valence-corrected chi connectivity index (χ3v) is 3.01. The molecular formula is C15H17N3O. The molecule has 1 heterocycles. The van der Waals surface area contributed by atoms with Crippen LogP contribution in [0.15, 0.2) is 48.8 Å². The van der Waals surface area contributed by atoms with Crippen LogP contribution in [0.4, 0.5) is 0 Å². The molecule has 2 rings (SSSR count). The molecule has 0 spiro atoms. The van der Waals surface area contributed by atoms with E-state index < -0.39 is 5.91 Å². The van der Waals surface area contributed by atoms with Crippen molar-refractivity contribution in [2.45, 2.75) is 19.5 Å². The van der Waals surface area contributed by atoms with Crippen molar-refractivity contribution in [3.8, 4) is 0 Å². The topological polar surface area (TPSA) is 68.0 Å². The van der Waals surface area contributed by atoms with Crippen molar-refractivity contribution in [3.05, 3.63) is 65.5 Å². The van der Waals surface area contributed by atoms with Gasteiger partial charge in [-0.2, -0.15) is 0 Å². The Morgan fingerprint density at radius 3 is 2.89 bits per heavy atom. The summed E-state index contributed by atoms with van der Waals surface area (Å²) in [7, 11) is 0. The fourth-order valence-corrected chi connectivity index (χ4v) is 1.86. The van der Waals surface area contributed by atoms with Crippen LogP contribution in [-0.2, 0) is 6.54 Å². The Labute approximate surface area is 112 Å². The molecule has 0 saturated heterocycles. The predicted molar refractivity (Wildman–Crippen MR) is 74.5 cm³/mol. The van der Waals surface area contributed by atoms with Crippen LogP contribution in [0.3, 0.4) is 0 Å². The number of hydrogen-bond acceptors (Lipinski definition) is 3. The largest absolute Gasteiger partial charge is 0.366 e. The molecule has 0 aliphatic carbocycles. The first-order chi connectivity index (χ1) is 9.16. The van der Waals surface area contributed by atoms with Crippen molar-refractivity contribution in [2.24, 2.45) is 5.73 Å². The van der Waals surface area contributed by atoms with Gasteiger partial charge in [-0.3, -0.25) is 9.78 Å². The molecular weight excluding hydrogens is 238 g/mol. The number of nitrogens with one attached hydrogen (secondary N) is 1. The standard InChI is InChI=1S/C15H17N3O/c1-11(14-6-3-7-17-10-14)18-9-12-4-2-5-13(8-12)15(16)19/h2-8,10-11,18H,9H2,1H3,(H2,16,19). The fraction of sp³-hybridized carbons (Fsp3) is 0.200. The van der Waals surface area contributed by atoms with Gasteiger partial charge in [0.25, 0.3) is 0 Å². The van der Waals surface area contributed by atoms with E-state index in [0.29, 0.717) is 12.1 Å². The van der Waals surface area contributed by atoms with Crippen LogP contribution in [0.5, 0.6) is 0 Å². The summed E-state index contributed by atoms with van der Waals surface area (Å²) in [5.41, 5.74) is 7.96. The van der Waals surface area contributed by atoms with E-state index in [1.807, 2.05) is 36.5 Å². The van der Waals surface area contributed by atoms with Crippen LogP contribution in [-0.4, -0.2) is 10.9 Å². The number of nitrogens with zero attached hydrogens (tertiary/aromatic N) is 1. The minimum atomic E-state index is -0.401. The lowest BCUT2D eigenvalue weighted by Crippen LogP contribution is -2.19. The molecule has 2 aromatic rings. The minimum Gasteiger partial charge on any atom is -0.366 e. The number of primary amides is 1. The van der Waals surface area contributed by atoms with Crippen molar-refractivity contribution in [3.63, 3.8) is 0 Å². The van der Waals surface area contributed by atoms with Gasteiger partial charge in [0.2, 0.25) is 5.91 Å². The van der Waals surface area contributed by atoms with Gasteiger partial charge in [-0.05, 0) is 36.2 Å². The van der Waals surface area contributed by atoms with Gasteiger partial charge in [-0.15, -0.1) is 0 Å². The molecule has 0 radical (unpaired) electrons. The molecule has 1 aromatic heterocycles. The SMILES string of the molecule is CC(NCc1cccc(C(N)=O)c1)c1cccnc1. The zero-order valence-electron chi connectivity index (χ0n) is 10.8. The first kappa shape index (κ1) is 13.2. The predicted octanol–water partition coefficient (Wildman–Crippen LogP) is 2.03. The number of carbonyl (C=O) groups excluding carboxylic acids is 1. The molecule has 98 valence electrons. The molecule has 19 heavy (non-hydrogen) atoms. The highest BCUT2D eigenvalue weighted by Gasteiger charge is 2.05. The lowest BCUT2D eigenvalue weighted by Gasteiger charge is -2.14. The zero-order valence-corrected chi connectivity index (χ0v) is 10.8. The van der Waals surface area contributed by atoms with E-state index in [1.165, 1.54) is 0 Å². The molecule has 3 N–H and O–H groups in total. The third-order valence-electron chi connectivity index (χ3n) is 3.01. The highest BCUT2D eigenvalue weighted by Crippen LogP contribution is 2.11. The van der Waals surface area contributed by atoms with Crippen LogP contribution in [0.2, 0.25) is 0 Å². The molecule has 0 fully saturated rings. The Bertz CT molecular complexity index is 554. The maximum atomic E-state index is 11.1. The zero-order chi connectivity index (χ0) is 13.7. The Morgan fingerprint density at radius 2 is 2.21 bits per heavy atom. The van der Waals surface area contributed by atoms with Crippen molar-refractivity contribution >= 4 is 5.91 Å². The summed E-state index contributed by atoms with van der Waals surface area (Å²) in [6, 6.07) is 11.5. The Kier molecular flexibility index (Phi) is 4.26. The summed E-state index contributed by atoms with van der Waals surface area (Å²) < 4.78 is 0. The average molecular weight is 255 g/mol. The number of benzene rings is 1. The number of nitrogens with two attached hydrogens (primary N) is 1. The van der Waals surface area contributed by atoms with Gasteiger partial charge >= 0.3 is 0 Å². The summed E-state index contributed by atoms with van der Waals surface area (Å²) >= 11 is 0. The normalized spacial score (nSPS) is 12.1. The molecule has 0 bridgehead atoms. The van der Waals surface area contributed by atoms with Gasteiger partial charge < -0.3 is 11.1 Å². The first-order valence-corrected chi connectivity index (χ1v) is 6.19. The lowest BCUT2D eigenvalue weighted by atomic mass is 10.1. The van der Waals surface area contributed by atoms with E-state index in [-0.39, 0.29) is 6.04 Å². The van der Waals surface area contributed by atoms with Crippen LogP contribution in [0.1, 0.15) is 34.5 Å². The van der Waals surface area contributed by atoms with E-state index in [2.05, 4.69) is 17.2 Å². The maximum absolute atomic E-state index is 11.1. The number of rotatable bonds is 5. The van der Waals surface area contributed by atoms with Crippen molar-refractivity contribution in [1.82, 2.24) is 10.3 Å². The van der Waals surface area contributed by atoms with Crippen LogP contribution in [0, 0.1) is 0 Å². The summed E-state index contributed by atoms with van der Waals surface area (Å²) in [6.45, 7) is 2.76. The molecule has 0 aliphatic heterocycles. The van der Waals surface area contributed by atoms with Crippen molar-refractivity contribution in [1.29, 1.82) is 0 Å². The average Bonchev–Trinajstić information content (AvgIpc) is 2.46. The van der Waals surface area contributed by atoms with Gasteiger partial charge in [0.05, 0.1) is 0 Å². The summed E-state index contributed by atoms with van der Waals surface area (Å²) in [6.07, 6.45) is 3.60. The van der Waals surface area contributed by atoms with E-state index in [9.17, 15) is 4.79 Å². The highest BCUT2D eigenvalue weighted by atomic mass is 16.1. The van der Waals surface area contributed by atoms with Crippen LogP contribution >= 0.6 is 0 Å². The third kappa shape index (κ3) is 3.63. The molecule has 1 atom stereocenters. The Morgan fingerprint density at radius 1 is 1.37 bits per heavy atom. The monoisotopic (exact) mass is 255 g/mol. The van der Waals surface area contributed by atoms with Crippen molar-refractivity contribution in [2.75, 3.05) is 0 Å². The Hall–Kier alpha value is -2.20. The summed E-state index contributed by atoms with van der Waals surface area (Å²) in [5, 5.41) is 3.39. The molecule has 4 nitrogen and oxygen atoms in total. The fourth-order valence-electron chi connectivity index (χ4n) is 1.86. The quantitative estimate of drug-likeness (QED) is 0.859. The number of amides is 1. The second kappa shape index (κ2) is 6.11. The highest BCUT2D eigenvalue weighted by molar-refractivity contribution is 5.92. The molecule has 0 aliphatic rings. The van der Waals surface area contributed by atoms with Crippen molar-refractivity contribution < 1.29 is 4.79 Å². The van der Waals surface area contributed by atoms with Crippen LogP contribution < -0.4 is 11.1 Å². The Balaban J connectivity index is 1.99. The molecule has 4 heteroatoms. The minimum absolute atomic E-state index is 0.200. The summed E-state index contributed by atoms with van der Waals surface area (Å²) in [4.78, 5) is 15.2. The first-order valence-electron chi connectivity index (χ1n) is 6.19. The van der Waals surface area contributed by atoms with E-state index >= 15 is 0 Å². The van der Waals surface area contributed by atoms with Gasteiger partial charge in [0.15, 0.2) is 0 Å². The molecule has 1 amide bonds. The number of pyridine rings is 1. The van der Waals surface area contributed by atoms with Gasteiger partial charge in [-0.25, -0.2) is 0 Å². The molecule has 0 saturated carbocycles. The van der Waals surface area contributed by atoms with E-state index in [0.717, 1.165) is 11.1 Å². The van der Waals surface area contributed by atoms with Crippen LogP contribution in [0.25, 0.3) is 0 Å². The second-order valence-corrected chi connectivity index (χ2v) is 4.45. The maximum Gasteiger partial charge on any atom is 0.248 e. The van der Waals surface area contributed by atoms with Gasteiger partial charge in [0, 0.05) is 30.5 Å². The number of hydrogen-bond donors (Lipinski definition) is 2. The second-order valence-electron chi connectivity index (χ2n) is 4.45. The number of carbonyl (C=O) groups is 1.